The summed E-state index contributed by atoms with van der Waals surface area (Å²) in [6.07, 6.45) is 0.789. The number of para-hydroxylation sites is 1. The molecular formula is C27H31N3O. The summed E-state index contributed by atoms with van der Waals surface area (Å²) in [7, 11) is 0. The van der Waals surface area contributed by atoms with Gasteiger partial charge in [-0.25, -0.2) is 0 Å². The number of rotatable bonds is 7. The molecule has 160 valence electrons. The largest absolute Gasteiger partial charge is 0.369 e. The Morgan fingerprint density at radius 1 is 0.839 bits per heavy atom. The van der Waals surface area contributed by atoms with E-state index in [0.29, 0.717) is 6.54 Å². The highest BCUT2D eigenvalue weighted by molar-refractivity contribution is 5.78. The minimum absolute atomic E-state index is 0.0237. The van der Waals surface area contributed by atoms with Crippen LogP contribution in [0.4, 0.5) is 5.69 Å². The van der Waals surface area contributed by atoms with Gasteiger partial charge in [0.05, 0.1) is 12.6 Å². The van der Waals surface area contributed by atoms with E-state index >= 15 is 0 Å². The number of hydrogen-bond acceptors (Lipinski definition) is 3. The zero-order chi connectivity index (χ0) is 21.5. The average molecular weight is 414 g/mol. The van der Waals surface area contributed by atoms with E-state index in [1.54, 1.807) is 0 Å². The van der Waals surface area contributed by atoms with E-state index in [0.717, 1.165) is 38.2 Å². The number of nitrogens with one attached hydrogen (secondary N) is 1. The first kappa shape index (κ1) is 21.1. The van der Waals surface area contributed by atoms with Gasteiger partial charge in [-0.15, -0.1) is 0 Å². The average Bonchev–Trinajstić information content (AvgIpc) is 2.81. The third kappa shape index (κ3) is 5.74. The summed E-state index contributed by atoms with van der Waals surface area (Å²) >= 11 is 0. The molecule has 0 spiro atoms. The Balaban J connectivity index is 1.34. The second-order valence-corrected chi connectivity index (χ2v) is 8.27. The van der Waals surface area contributed by atoms with Crippen molar-refractivity contribution in [2.24, 2.45) is 0 Å². The van der Waals surface area contributed by atoms with Gasteiger partial charge in [-0.05, 0) is 36.1 Å². The van der Waals surface area contributed by atoms with Crippen LogP contribution in [0.3, 0.4) is 0 Å². The molecular weight excluding hydrogens is 382 g/mol. The molecule has 31 heavy (non-hydrogen) atoms. The van der Waals surface area contributed by atoms with Gasteiger partial charge in [0.15, 0.2) is 0 Å². The predicted molar refractivity (Wildman–Crippen MR) is 127 cm³/mol. The van der Waals surface area contributed by atoms with Crippen LogP contribution < -0.4 is 10.2 Å². The molecule has 0 aliphatic carbocycles. The molecule has 4 heteroatoms. The van der Waals surface area contributed by atoms with Crippen molar-refractivity contribution in [3.05, 3.63) is 102 Å². The van der Waals surface area contributed by atoms with Crippen LogP contribution in [-0.4, -0.2) is 43.5 Å². The summed E-state index contributed by atoms with van der Waals surface area (Å²) in [6, 6.07) is 29.1. The molecule has 4 rings (SSSR count). The number of nitrogens with zero attached hydrogens (tertiary/aromatic N) is 2. The van der Waals surface area contributed by atoms with Crippen LogP contribution in [-0.2, 0) is 11.2 Å². The maximum Gasteiger partial charge on any atom is 0.234 e. The summed E-state index contributed by atoms with van der Waals surface area (Å²) < 4.78 is 0. The molecule has 0 bridgehead atoms. The van der Waals surface area contributed by atoms with Crippen LogP contribution in [0.1, 0.15) is 22.7 Å². The molecule has 1 saturated heterocycles. The molecule has 0 unspecified atom stereocenters. The zero-order valence-electron chi connectivity index (χ0n) is 18.2. The topological polar surface area (TPSA) is 35.6 Å². The van der Waals surface area contributed by atoms with Crippen LogP contribution in [0.2, 0.25) is 0 Å². The number of carbonyl (C=O) groups is 1. The summed E-state index contributed by atoms with van der Waals surface area (Å²) in [5.74, 6) is 0.0918. The van der Waals surface area contributed by atoms with E-state index < -0.39 is 0 Å². The number of hydrogen-bond donors (Lipinski definition) is 1. The molecule has 0 aromatic heterocycles. The number of anilines is 1. The van der Waals surface area contributed by atoms with Crippen molar-refractivity contribution in [3.63, 3.8) is 0 Å². The lowest BCUT2D eigenvalue weighted by atomic mass is 9.99. The first-order valence-corrected chi connectivity index (χ1v) is 11.1. The Labute approximate surface area is 185 Å². The van der Waals surface area contributed by atoms with Crippen molar-refractivity contribution >= 4 is 11.6 Å². The first-order valence-electron chi connectivity index (χ1n) is 11.1. The van der Waals surface area contributed by atoms with Gasteiger partial charge in [-0.1, -0.05) is 78.9 Å². The molecule has 1 aliphatic heterocycles. The molecule has 1 N–H and O–H groups in total. The fourth-order valence-electron chi connectivity index (χ4n) is 4.30. The van der Waals surface area contributed by atoms with E-state index in [1.807, 2.05) is 36.4 Å². The summed E-state index contributed by atoms with van der Waals surface area (Å²) in [4.78, 5) is 17.6. The maximum atomic E-state index is 12.9. The fourth-order valence-corrected chi connectivity index (χ4v) is 4.30. The van der Waals surface area contributed by atoms with E-state index in [-0.39, 0.29) is 11.9 Å². The Kier molecular flexibility index (Phi) is 7.00. The molecule has 4 nitrogen and oxygen atoms in total. The SMILES string of the molecule is Cc1ccccc1N1CCN(CC(=O)N[C@H](Cc2ccccc2)c2ccccc2)CC1. The highest BCUT2D eigenvalue weighted by Crippen LogP contribution is 2.21. The van der Waals surface area contributed by atoms with Gasteiger partial charge in [-0.2, -0.15) is 0 Å². The number of aryl methyl sites for hydroxylation is 1. The van der Waals surface area contributed by atoms with Crippen molar-refractivity contribution in [1.29, 1.82) is 0 Å². The van der Waals surface area contributed by atoms with Crippen LogP contribution in [0, 0.1) is 6.92 Å². The molecule has 1 fully saturated rings. The maximum absolute atomic E-state index is 12.9. The smallest absolute Gasteiger partial charge is 0.234 e. The molecule has 1 amide bonds. The van der Waals surface area contributed by atoms with Crippen LogP contribution in [0.15, 0.2) is 84.9 Å². The standard InChI is InChI=1S/C27H31N3O/c1-22-10-8-9-15-26(22)30-18-16-29(17-19-30)21-27(31)28-25(24-13-6-3-7-14-24)20-23-11-4-2-5-12-23/h2-15,25H,16-21H2,1H3,(H,28,31)/t25-/m1/s1. The predicted octanol–water partition coefficient (Wildman–Crippen LogP) is 4.22. The molecule has 1 heterocycles. The highest BCUT2D eigenvalue weighted by atomic mass is 16.2. The fraction of sp³-hybridized carbons (Fsp3) is 0.296. The Hall–Kier alpha value is -3.11. The number of carbonyl (C=O) groups excluding carboxylic acids is 1. The van der Waals surface area contributed by atoms with Crippen molar-refractivity contribution in [1.82, 2.24) is 10.2 Å². The van der Waals surface area contributed by atoms with Crippen LogP contribution in [0.25, 0.3) is 0 Å². The summed E-state index contributed by atoms with van der Waals surface area (Å²) in [5.41, 5.74) is 4.98. The summed E-state index contributed by atoms with van der Waals surface area (Å²) in [6.45, 7) is 6.30. The normalized spacial score (nSPS) is 15.5. The van der Waals surface area contributed by atoms with Gasteiger partial charge in [0.1, 0.15) is 0 Å². The molecule has 1 atom stereocenters. The monoisotopic (exact) mass is 413 g/mol. The Morgan fingerprint density at radius 3 is 2.13 bits per heavy atom. The van der Waals surface area contributed by atoms with Crippen LogP contribution >= 0.6 is 0 Å². The molecule has 3 aromatic rings. The van der Waals surface area contributed by atoms with Gasteiger partial charge in [0, 0.05) is 31.9 Å². The van der Waals surface area contributed by atoms with Gasteiger partial charge in [0.25, 0.3) is 0 Å². The van der Waals surface area contributed by atoms with Crippen LogP contribution in [0.5, 0.6) is 0 Å². The van der Waals surface area contributed by atoms with Gasteiger partial charge < -0.3 is 10.2 Å². The molecule has 0 saturated carbocycles. The van der Waals surface area contributed by atoms with E-state index in [9.17, 15) is 4.79 Å². The third-order valence-electron chi connectivity index (χ3n) is 6.02. The van der Waals surface area contributed by atoms with Crippen molar-refractivity contribution in [2.45, 2.75) is 19.4 Å². The minimum Gasteiger partial charge on any atom is -0.369 e. The minimum atomic E-state index is -0.0237. The number of benzene rings is 3. The Bertz CT molecular complexity index is 966. The summed E-state index contributed by atoms with van der Waals surface area (Å²) in [5, 5.41) is 3.29. The number of piperazine rings is 1. The third-order valence-corrected chi connectivity index (χ3v) is 6.02. The molecule has 0 radical (unpaired) electrons. The van der Waals surface area contributed by atoms with E-state index in [1.165, 1.54) is 16.8 Å². The van der Waals surface area contributed by atoms with Crippen molar-refractivity contribution < 1.29 is 4.79 Å². The number of amides is 1. The second-order valence-electron chi connectivity index (χ2n) is 8.27. The van der Waals surface area contributed by atoms with Crippen molar-refractivity contribution in [2.75, 3.05) is 37.6 Å². The zero-order valence-corrected chi connectivity index (χ0v) is 18.2. The first-order chi connectivity index (χ1) is 15.2. The second kappa shape index (κ2) is 10.3. The molecule has 3 aromatic carbocycles. The Morgan fingerprint density at radius 2 is 1.45 bits per heavy atom. The van der Waals surface area contributed by atoms with Gasteiger partial charge in [-0.3, -0.25) is 9.69 Å². The highest BCUT2D eigenvalue weighted by Gasteiger charge is 2.22. The lowest BCUT2D eigenvalue weighted by molar-refractivity contribution is -0.123. The van der Waals surface area contributed by atoms with Gasteiger partial charge >= 0.3 is 0 Å². The van der Waals surface area contributed by atoms with E-state index in [4.69, 9.17) is 0 Å². The molecule has 1 aliphatic rings. The van der Waals surface area contributed by atoms with Gasteiger partial charge in [0.2, 0.25) is 5.91 Å². The lowest BCUT2D eigenvalue weighted by Crippen LogP contribution is -2.50. The van der Waals surface area contributed by atoms with Crippen molar-refractivity contribution in [3.8, 4) is 0 Å². The lowest BCUT2D eigenvalue weighted by Gasteiger charge is -2.36. The van der Waals surface area contributed by atoms with E-state index in [2.05, 4.69) is 70.6 Å². The quantitative estimate of drug-likeness (QED) is 0.630.